The van der Waals surface area contributed by atoms with E-state index < -0.39 is 0 Å². The van der Waals surface area contributed by atoms with E-state index in [4.69, 9.17) is 11.6 Å². The molecule has 0 unspecified atom stereocenters. The van der Waals surface area contributed by atoms with Crippen LogP contribution >= 0.6 is 23.4 Å². The number of thioether (sulfide) groups is 1. The third-order valence-electron chi connectivity index (χ3n) is 6.06. The highest BCUT2D eigenvalue weighted by Crippen LogP contribution is 2.20. The zero-order valence-electron chi connectivity index (χ0n) is 21.1. The molecule has 3 aromatic heterocycles. The predicted molar refractivity (Wildman–Crippen MR) is 151 cm³/mol. The number of carbonyl (C=O) groups excluding carboxylic acids is 1. The van der Waals surface area contributed by atoms with Crippen LogP contribution in [0.15, 0.2) is 83.7 Å². The van der Waals surface area contributed by atoms with Crippen molar-refractivity contribution in [1.29, 1.82) is 0 Å². The molecule has 1 aromatic carbocycles. The van der Waals surface area contributed by atoms with Gasteiger partial charge in [0.2, 0.25) is 0 Å². The summed E-state index contributed by atoms with van der Waals surface area (Å²) in [6.45, 7) is 0.587. The zero-order valence-corrected chi connectivity index (χ0v) is 22.7. The molecule has 0 aliphatic heterocycles. The van der Waals surface area contributed by atoms with E-state index in [1.54, 1.807) is 54.6 Å². The van der Waals surface area contributed by atoms with Crippen molar-refractivity contribution in [2.24, 2.45) is 0 Å². The van der Waals surface area contributed by atoms with Crippen LogP contribution in [0.1, 0.15) is 65.6 Å². The van der Waals surface area contributed by atoms with E-state index in [9.17, 15) is 9.59 Å². The fourth-order valence-corrected chi connectivity index (χ4v) is 5.15. The number of ketones is 1. The first-order chi connectivity index (χ1) is 18.6. The van der Waals surface area contributed by atoms with Gasteiger partial charge in [0.15, 0.2) is 10.9 Å². The molecule has 0 aliphatic rings. The van der Waals surface area contributed by atoms with Crippen LogP contribution in [0.4, 0.5) is 0 Å². The van der Waals surface area contributed by atoms with Crippen LogP contribution in [-0.2, 0) is 13.0 Å². The van der Waals surface area contributed by atoms with Crippen molar-refractivity contribution in [3.05, 3.63) is 111 Å². The van der Waals surface area contributed by atoms with E-state index in [2.05, 4.69) is 19.9 Å². The predicted octanol–water partition coefficient (Wildman–Crippen LogP) is 6.04. The number of nitrogens with zero attached hydrogens (tertiary/aromatic N) is 5. The van der Waals surface area contributed by atoms with Crippen molar-refractivity contribution in [3.8, 4) is 0 Å². The van der Waals surface area contributed by atoms with E-state index in [-0.39, 0.29) is 11.3 Å². The summed E-state index contributed by atoms with van der Waals surface area (Å²) < 4.78 is 2.03. The first-order valence-electron chi connectivity index (χ1n) is 12.7. The molecule has 0 N–H and O–H groups in total. The third-order valence-corrected chi connectivity index (χ3v) is 7.39. The van der Waals surface area contributed by atoms with E-state index >= 15 is 0 Å². The van der Waals surface area contributed by atoms with Gasteiger partial charge in [0.25, 0.3) is 5.56 Å². The Morgan fingerprint density at radius 1 is 0.895 bits per heavy atom. The number of hydrogen-bond donors (Lipinski definition) is 0. The second-order valence-corrected chi connectivity index (χ2v) is 10.6. The molecule has 4 aromatic rings. The molecule has 38 heavy (non-hydrogen) atoms. The van der Waals surface area contributed by atoms with Crippen LogP contribution in [0.25, 0.3) is 0 Å². The number of hydrogen-bond acceptors (Lipinski definition) is 7. The van der Waals surface area contributed by atoms with Gasteiger partial charge in [0, 0.05) is 65.7 Å². The molecule has 0 saturated carbocycles. The van der Waals surface area contributed by atoms with Crippen LogP contribution in [0.3, 0.4) is 0 Å². The van der Waals surface area contributed by atoms with Crippen molar-refractivity contribution < 1.29 is 4.79 Å². The van der Waals surface area contributed by atoms with E-state index in [1.165, 1.54) is 6.33 Å². The normalized spacial score (nSPS) is 11.0. The van der Waals surface area contributed by atoms with Crippen LogP contribution < -0.4 is 5.56 Å². The molecule has 4 rings (SSSR count). The van der Waals surface area contributed by atoms with Gasteiger partial charge in [-0.1, -0.05) is 48.7 Å². The third kappa shape index (κ3) is 8.60. The molecule has 7 nitrogen and oxygen atoms in total. The second-order valence-electron chi connectivity index (χ2n) is 9.06. The number of unbranched alkanes of at least 4 members (excludes halogenated alkanes) is 4. The van der Waals surface area contributed by atoms with E-state index in [0.29, 0.717) is 35.1 Å². The lowest BCUT2D eigenvalue weighted by atomic mass is 10.0. The number of aromatic nitrogens is 5. The summed E-state index contributed by atoms with van der Waals surface area (Å²) in [5.41, 5.74) is 3.03. The quantitative estimate of drug-likeness (QED) is 0.0822. The van der Waals surface area contributed by atoms with Gasteiger partial charge in [0.1, 0.15) is 6.33 Å². The zero-order chi connectivity index (χ0) is 26.6. The summed E-state index contributed by atoms with van der Waals surface area (Å²) in [7, 11) is 0. The maximum atomic E-state index is 12.8. The highest BCUT2D eigenvalue weighted by Gasteiger charge is 2.11. The lowest BCUT2D eigenvalue weighted by Gasteiger charge is -2.14. The molecule has 0 aliphatic carbocycles. The number of carbonyl (C=O) groups is 1. The number of Topliss-reactive ketones (excluding diaryl/α,β-unsaturated/α-hetero) is 1. The molecule has 0 spiro atoms. The smallest absolute Gasteiger partial charge is 0.277 e. The van der Waals surface area contributed by atoms with Gasteiger partial charge < -0.3 is 4.57 Å². The van der Waals surface area contributed by atoms with E-state index in [0.717, 1.165) is 54.5 Å². The number of halogens is 1. The van der Waals surface area contributed by atoms with Gasteiger partial charge in [-0.15, -0.1) is 0 Å². The van der Waals surface area contributed by atoms with Crippen molar-refractivity contribution in [2.45, 2.75) is 56.6 Å². The Labute approximate surface area is 231 Å². The highest BCUT2D eigenvalue weighted by atomic mass is 35.5. The monoisotopic (exact) mass is 547 g/mol. The molecule has 9 heteroatoms. The summed E-state index contributed by atoms with van der Waals surface area (Å²) in [6, 6.07) is 11.0. The molecule has 0 amide bonds. The molecule has 0 radical (unpaired) electrons. The number of benzene rings is 1. The van der Waals surface area contributed by atoms with Gasteiger partial charge in [-0.2, -0.15) is 4.98 Å². The van der Waals surface area contributed by atoms with Crippen LogP contribution in [-0.4, -0.2) is 36.0 Å². The Morgan fingerprint density at radius 2 is 1.63 bits per heavy atom. The lowest BCUT2D eigenvalue weighted by Crippen LogP contribution is -2.20. The lowest BCUT2D eigenvalue weighted by molar-refractivity contribution is 0.0979. The highest BCUT2D eigenvalue weighted by molar-refractivity contribution is 7.99. The van der Waals surface area contributed by atoms with Gasteiger partial charge >= 0.3 is 0 Å². The summed E-state index contributed by atoms with van der Waals surface area (Å²) in [4.78, 5) is 41.8. The minimum Gasteiger partial charge on any atom is -0.323 e. The fourth-order valence-electron chi connectivity index (χ4n) is 4.06. The Hall–Kier alpha value is -3.36. The Kier molecular flexibility index (Phi) is 10.6. The largest absolute Gasteiger partial charge is 0.323 e. The van der Waals surface area contributed by atoms with Gasteiger partial charge in [-0.05, 0) is 54.3 Å². The maximum absolute atomic E-state index is 12.8. The van der Waals surface area contributed by atoms with Gasteiger partial charge in [-0.25, -0.2) is 9.97 Å². The van der Waals surface area contributed by atoms with Crippen LogP contribution in [0.2, 0.25) is 5.02 Å². The SMILES string of the molecule is O=C(CCCCCCCSc1nc(=O)c(Cc2cncnc2)cn1Cc1cccnc1)c1ccc(Cl)cc1. The first-order valence-corrected chi connectivity index (χ1v) is 14.1. The molecule has 0 saturated heterocycles. The van der Waals surface area contributed by atoms with Gasteiger partial charge in [0.05, 0.1) is 6.54 Å². The summed E-state index contributed by atoms with van der Waals surface area (Å²) in [6.07, 6.45) is 16.4. The summed E-state index contributed by atoms with van der Waals surface area (Å²) >= 11 is 7.50. The first kappa shape index (κ1) is 27.7. The van der Waals surface area contributed by atoms with Crippen molar-refractivity contribution in [1.82, 2.24) is 24.5 Å². The summed E-state index contributed by atoms with van der Waals surface area (Å²) in [5, 5.41) is 1.35. The van der Waals surface area contributed by atoms with Gasteiger partial charge in [-0.3, -0.25) is 14.6 Å². The molecular weight excluding hydrogens is 518 g/mol. The molecule has 3 heterocycles. The molecule has 0 atom stereocenters. The van der Waals surface area contributed by atoms with Crippen LogP contribution in [0.5, 0.6) is 0 Å². The Morgan fingerprint density at radius 3 is 2.39 bits per heavy atom. The average Bonchev–Trinajstić information content (AvgIpc) is 2.94. The van der Waals surface area contributed by atoms with Crippen molar-refractivity contribution >= 4 is 29.1 Å². The van der Waals surface area contributed by atoms with Crippen LogP contribution in [0, 0.1) is 0 Å². The average molecular weight is 548 g/mol. The van der Waals surface area contributed by atoms with Crippen molar-refractivity contribution in [2.75, 3.05) is 5.75 Å². The molecular formula is C29H30ClN5O2S. The minimum absolute atomic E-state index is 0.165. The Balaban J connectivity index is 1.27. The minimum atomic E-state index is -0.218. The second kappa shape index (κ2) is 14.5. The van der Waals surface area contributed by atoms with E-state index in [1.807, 2.05) is 29.1 Å². The topological polar surface area (TPSA) is 90.6 Å². The number of rotatable bonds is 14. The standard InChI is InChI=1S/C29H30ClN5O2S/c30-26-11-9-24(10-12-26)27(36)8-4-2-1-3-5-14-38-29-34-28(37)25(15-23-17-32-21-33-18-23)20-35(29)19-22-7-6-13-31-16-22/h6-7,9-13,16-18,20-21H,1-5,8,14-15,19H2. The summed E-state index contributed by atoms with van der Waals surface area (Å²) in [5.74, 6) is 1.04. The molecule has 0 fully saturated rings. The fraction of sp³-hybridized carbons (Fsp3) is 0.310. The van der Waals surface area contributed by atoms with Crippen molar-refractivity contribution in [3.63, 3.8) is 0 Å². The Bertz CT molecular complexity index is 1370. The molecule has 0 bridgehead atoms. The number of pyridine rings is 1. The maximum Gasteiger partial charge on any atom is 0.277 e. The molecule has 196 valence electrons.